The summed E-state index contributed by atoms with van der Waals surface area (Å²) in [5.74, 6) is 4.69. The molecule has 2 aliphatic heterocycles. The molecule has 0 N–H and O–H groups in total. The molecule has 0 saturated heterocycles. The molecule has 6 aromatic carbocycles. The van der Waals surface area contributed by atoms with Crippen LogP contribution in [-0.4, -0.2) is 0 Å². The van der Waals surface area contributed by atoms with Crippen LogP contribution in [0.3, 0.4) is 0 Å². The molecule has 0 fully saturated rings. The fraction of sp³-hybridized carbons (Fsp3) is 0.0500. The highest BCUT2D eigenvalue weighted by Crippen LogP contribution is 2.63. The summed E-state index contributed by atoms with van der Waals surface area (Å²) in [7, 11) is 0. The Morgan fingerprint density at radius 3 is 1.86 bits per heavy atom. The van der Waals surface area contributed by atoms with Crippen LogP contribution in [0.1, 0.15) is 38.9 Å². The molecule has 2 heterocycles. The van der Waals surface area contributed by atoms with E-state index in [4.69, 9.17) is 14.2 Å². The minimum Gasteiger partial charge on any atom is -0.454 e. The van der Waals surface area contributed by atoms with E-state index in [0.717, 1.165) is 55.2 Å². The lowest BCUT2D eigenvalue weighted by atomic mass is 9.65. The number of aryl methyl sites for hydroxylation is 1. The third kappa shape index (κ3) is 3.08. The maximum atomic E-state index is 6.81. The highest BCUT2D eigenvalue weighted by atomic mass is 32.2. The Kier molecular flexibility index (Phi) is 4.79. The summed E-state index contributed by atoms with van der Waals surface area (Å²) in [5.41, 5.74) is 10.2. The van der Waals surface area contributed by atoms with Crippen LogP contribution in [0.5, 0.6) is 34.5 Å². The first-order chi connectivity index (χ1) is 21.7. The number of hydrogen-bond acceptors (Lipinski definition) is 4. The Labute approximate surface area is 259 Å². The van der Waals surface area contributed by atoms with Crippen molar-refractivity contribution in [3.05, 3.63) is 154 Å². The van der Waals surface area contributed by atoms with Gasteiger partial charge in [0.2, 0.25) is 0 Å². The number of ether oxygens (including phenoxy) is 3. The summed E-state index contributed by atoms with van der Waals surface area (Å²) in [6.07, 6.45) is 4.46. The molecule has 4 aliphatic rings. The Balaban J connectivity index is 1.33. The van der Waals surface area contributed by atoms with E-state index >= 15 is 0 Å². The van der Waals surface area contributed by atoms with E-state index in [1.807, 2.05) is 30.3 Å². The molecule has 0 aromatic heterocycles. The van der Waals surface area contributed by atoms with Gasteiger partial charge in [0.1, 0.15) is 11.5 Å². The largest absolute Gasteiger partial charge is 0.454 e. The fourth-order valence-corrected chi connectivity index (χ4v) is 8.55. The molecule has 6 aromatic rings. The number of benzene rings is 6. The van der Waals surface area contributed by atoms with Crippen LogP contribution in [0.4, 0.5) is 0 Å². The molecule has 4 heteroatoms. The van der Waals surface area contributed by atoms with E-state index < -0.39 is 5.41 Å². The van der Waals surface area contributed by atoms with Crippen LogP contribution < -0.4 is 14.2 Å². The van der Waals surface area contributed by atoms with Crippen LogP contribution in [0, 0.1) is 6.92 Å². The van der Waals surface area contributed by atoms with Gasteiger partial charge in [-0.15, -0.1) is 0 Å². The Morgan fingerprint density at radius 1 is 0.523 bits per heavy atom. The summed E-state index contributed by atoms with van der Waals surface area (Å²) in [6.45, 7) is 2.21. The Morgan fingerprint density at radius 2 is 1.14 bits per heavy atom. The zero-order valence-corrected chi connectivity index (χ0v) is 24.6. The molecule has 44 heavy (non-hydrogen) atoms. The lowest BCUT2D eigenvalue weighted by molar-refractivity contribution is 0.358. The van der Waals surface area contributed by atoms with Gasteiger partial charge in [0.25, 0.3) is 0 Å². The van der Waals surface area contributed by atoms with Crippen molar-refractivity contribution in [3.63, 3.8) is 0 Å². The predicted octanol–water partition coefficient (Wildman–Crippen LogP) is 11.0. The minimum atomic E-state index is -0.610. The van der Waals surface area contributed by atoms with Crippen LogP contribution in [-0.2, 0) is 5.41 Å². The molecule has 2 aliphatic carbocycles. The number of para-hydroxylation sites is 3. The van der Waals surface area contributed by atoms with Gasteiger partial charge in [0.05, 0.1) is 15.2 Å². The quantitative estimate of drug-likeness (QED) is 0.177. The summed E-state index contributed by atoms with van der Waals surface area (Å²) in [6, 6.07) is 40.6. The van der Waals surface area contributed by atoms with Crippen molar-refractivity contribution >= 4 is 23.9 Å². The van der Waals surface area contributed by atoms with E-state index in [9.17, 15) is 0 Å². The molecular weight excluding hydrogens is 561 g/mol. The number of rotatable bonds is 0. The zero-order chi connectivity index (χ0) is 29.0. The molecule has 0 amide bonds. The first-order valence-electron chi connectivity index (χ1n) is 14.8. The van der Waals surface area contributed by atoms with Crippen LogP contribution in [0.25, 0.3) is 23.3 Å². The predicted molar refractivity (Wildman–Crippen MR) is 175 cm³/mol. The van der Waals surface area contributed by atoms with Gasteiger partial charge >= 0.3 is 0 Å². The van der Waals surface area contributed by atoms with Crippen molar-refractivity contribution in [2.75, 3.05) is 0 Å². The molecule has 0 saturated carbocycles. The second-order valence-electron chi connectivity index (χ2n) is 11.7. The zero-order valence-electron chi connectivity index (χ0n) is 23.8. The molecule has 0 atom stereocenters. The highest BCUT2D eigenvalue weighted by molar-refractivity contribution is 7.99. The standard InChI is InChI=1S/C40H24O3S/c1-23-20-31-27(38-39(23)44-37-17-9-8-16-34(37)43-38)19-18-24-21-35-36(42-33-15-7-6-14-32(33)41-35)22-30(24)40(31)28-12-4-2-10-25(28)26-11-3-5-13-29(26)40/h2-22H,1H3. The van der Waals surface area contributed by atoms with Gasteiger partial charge in [-0.1, -0.05) is 103 Å². The molecule has 1 spiro atoms. The third-order valence-corrected chi connectivity index (χ3v) is 10.6. The van der Waals surface area contributed by atoms with Crippen LogP contribution in [0.15, 0.2) is 125 Å². The summed E-state index contributed by atoms with van der Waals surface area (Å²) in [5, 5.41) is 0. The molecule has 208 valence electrons. The second-order valence-corrected chi connectivity index (χ2v) is 12.7. The maximum absolute atomic E-state index is 6.81. The molecule has 0 unspecified atom stereocenters. The number of fused-ring (bicyclic) bond motifs is 14. The van der Waals surface area contributed by atoms with Crippen molar-refractivity contribution in [3.8, 4) is 45.6 Å². The average Bonchev–Trinajstić information content (AvgIpc) is 3.28. The topological polar surface area (TPSA) is 27.7 Å². The summed E-state index contributed by atoms with van der Waals surface area (Å²) >= 11 is 1.79. The van der Waals surface area contributed by atoms with Crippen molar-refractivity contribution in [1.29, 1.82) is 0 Å². The first-order valence-corrected chi connectivity index (χ1v) is 15.7. The van der Waals surface area contributed by atoms with Gasteiger partial charge in [-0.2, -0.15) is 0 Å². The van der Waals surface area contributed by atoms with E-state index in [1.54, 1.807) is 11.8 Å². The first kappa shape index (κ1) is 24.3. The molecule has 3 nitrogen and oxygen atoms in total. The van der Waals surface area contributed by atoms with E-state index in [-0.39, 0.29) is 0 Å². The average molecular weight is 585 g/mol. The molecule has 0 radical (unpaired) electrons. The van der Waals surface area contributed by atoms with Crippen molar-refractivity contribution < 1.29 is 14.2 Å². The van der Waals surface area contributed by atoms with Gasteiger partial charge in [-0.05, 0) is 87.8 Å². The minimum absolute atomic E-state index is 0.610. The van der Waals surface area contributed by atoms with Gasteiger partial charge < -0.3 is 14.2 Å². The van der Waals surface area contributed by atoms with Gasteiger partial charge in [0, 0.05) is 5.56 Å². The lowest BCUT2D eigenvalue weighted by Crippen LogP contribution is -2.30. The Bertz CT molecular complexity index is 2220. The van der Waals surface area contributed by atoms with Crippen molar-refractivity contribution in [2.45, 2.75) is 22.1 Å². The van der Waals surface area contributed by atoms with Gasteiger partial charge in [-0.25, -0.2) is 0 Å². The Hall–Kier alpha value is -5.19. The smallest absolute Gasteiger partial charge is 0.170 e. The van der Waals surface area contributed by atoms with Crippen LogP contribution >= 0.6 is 11.8 Å². The van der Waals surface area contributed by atoms with Crippen molar-refractivity contribution in [2.24, 2.45) is 0 Å². The van der Waals surface area contributed by atoms with Crippen molar-refractivity contribution in [1.82, 2.24) is 0 Å². The summed E-state index contributed by atoms with van der Waals surface area (Å²) < 4.78 is 19.8. The van der Waals surface area contributed by atoms with Gasteiger partial charge in [0.15, 0.2) is 23.0 Å². The monoisotopic (exact) mass is 584 g/mol. The summed E-state index contributed by atoms with van der Waals surface area (Å²) in [4.78, 5) is 2.30. The normalized spacial score (nSPS) is 15.0. The van der Waals surface area contributed by atoms with E-state index in [1.165, 1.54) is 33.4 Å². The third-order valence-electron chi connectivity index (χ3n) is 9.33. The SMILES string of the molecule is Cc1cc2c(c3c1Sc1ccccc1O3)C=Cc1cc3c(cc1C21c2ccccc2-c2ccccc21)Oc1ccccc1O3. The highest BCUT2D eigenvalue weighted by Gasteiger charge is 2.50. The van der Waals surface area contributed by atoms with E-state index in [0.29, 0.717) is 5.75 Å². The lowest BCUT2D eigenvalue weighted by Gasteiger charge is -2.37. The second kappa shape index (κ2) is 8.68. The molecule has 10 rings (SSSR count). The number of hydrogen-bond donors (Lipinski definition) is 0. The van der Waals surface area contributed by atoms with Crippen LogP contribution in [0.2, 0.25) is 0 Å². The van der Waals surface area contributed by atoms with E-state index in [2.05, 4.69) is 104 Å². The van der Waals surface area contributed by atoms with Gasteiger partial charge in [-0.3, -0.25) is 0 Å². The molecule has 0 bridgehead atoms. The molecular formula is C40H24O3S. The maximum Gasteiger partial charge on any atom is 0.170 e. The fourth-order valence-electron chi connectivity index (χ4n) is 7.51.